The van der Waals surface area contributed by atoms with E-state index in [0.29, 0.717) is 5.69 Å². The van der Waals surface area contributed by atoms with Gasteiger partial charge >= 0.3 is 5.97 Å². The van der Waals surface area contributed by atoms with E-state index < -0.39 is 30.2 Å². The van der Waals surface area contributed by atoms with E-state index in [1.807, 2.05) is 54.6 Å². The largest absolute Gasteiger partial charge is 0.455 e. The molecule has 31 heavy (non-hydrogen) atoms. The van der Waals surface area contributed by atoms with Crippen LogP contribution in [-0.4, -0.2) is 30.9 Å². The molecule has 0 atom stereocenters. The Labute approximate surface area is 179 Å². The van der Waals surface area contributed by atoms with Gasteiger partial charge in [0.2, 0.25) is 5.91 Å². The molecule has 3 rings (SSSR count). The predicted molar refractivity (Wildman–Crippen MR) is 115 cm³/mol. The van der Waals surface area contributed by atoms with Crippen LogP contribution in [-0.2, 0) is 25.5 Å². The zero-order chi connectivity index (χ0) is 22.1. The van der Waals surface area contributed by atoms with Crippen LogP contribution in [0.15, 0.2) is 78.9 Å². The molecule has 7 heteroatoms. The van der Waals surface area contributed by atoms with Gasteiger partial charge in [-0.2, -0.15) is 0 Å². The Balaban J connectivity index is 1.37. The number of hydrogen-bond donors (Lipinski definition) is 2. The van der Waals surface area contributed by atoms with Crippen molar-refractivity contribution in [3.8, 4) is 11.1 Å². The van der Waals surface area contributed by atoms with Crippen molar-refractivity contribution >= 4 is 23.5 Å². The first-order valence-corrected chi connectivity index (χ1v) is 9.62. The average molecular weight is 420 g/mol. The zero-order valence-electron chi connectivity index (χ0n) is 16.6. The summed E-state index contributed by atoms with van der Waals surface area (Å²) in [4.78, 5) is 35.5. The van der Waals surface area contributed by atoms with Gasteiger partial charge in [-0.1, -0.05) is 54.6 Å². The van der Waals surface area contributed by atoms with Gasteiger partial charge in [0.15, 0.2) is 6.61 Å². The minimum Gasteiger partial charge on any atom is -0.455 e. The molecule has 0 bridgehead atoms. The first-order chi connectivity index (χ1) is 15.0. The van der Waals surface area contributed by atoms with Gasteiger partial charge in [0.05, 0.1) is 13.0 Å². The molecule has 3 aromatic carbocycles. The van der Waals surface area contributed by atoms with Gasteiger partial charge in [-0.15, -0.1) is 0 Å². The quantitative estimate of drug-likeness (QED) is 0.548. The predicted octanol–water partition coefficient (Wildman–Crippen LogP) is 3.33. The van der Waals surface area contributed by atoms with E-state index in [1.54, 1.807) is 0 Å². The summed E-state index contributed by atoms with van der Waals surface area (Å²) in [5.74, 6) is -2.04. The molecule has 0 saturated carbocycles. The fraction of sp³-hybridized carbons (Fsp3) is 0.125. The number of benzene rings is 3. The van der Waals surface area contributed by atoms with E-state index in [2.05, 4.69) is 10.6 Å². The smallest absolute Gasteiger partial charge is 0.310 e. The summed E-state index contributed by atoms with van der Waals surface area (Å²) in [6, 6.07) is 22.6. The molecule has 0 heterocycles. The van der Waals surface area contributed by atoms with Gasteiger partial charge in [0.1, 0.15) is 5.82 Å². The second-order valence-corrected chi connectivity index (χ2v) is 6.73. The number of rotatable bonds is 8. The van der Waals surface area contributed by atoms with E-state index in [0.717, 1.165) is 16.7 Å². The van der Waals surface area contributed by atoms with Crippen LogP contribution >= 0.6 is 0 Å². The van der Waals surface area contributed by atoms with Crippen molar-refractivity contribution in [2.24, 2.45) is 0 Å². The van der Waals surface area contributed by atoms with E-state index >= 15 is 0 Å². The van der Waals surface area contributed by atoms with Crippen LogP contribution < -0.4 is 10.6 Å². The summed E-state index contributed by atoms with van der Waals surface area (Å²) >= 11 is 0. The first kappa shape index (κ1) is 21.7. The highest BCUT2D eigenvalue weighted by molar-refractivity contribution is 5.94. The maximum Gasteiger partial charge on any atom is 0.310 e. The third kappa shape index (κ3) is 7.08. The number of halogens is 1. The monoisotopic (exact) mass is 420 g/mol. The maximum absolute atomic E-state index is 12.8. The molecule has 0 unspecified atom stereocenters. The van der Waals surface area contributed by atoms with Crippen LogP contribution in [0.25, 0.3) is 11.1 Å². The third-order valence-electron chi connectivity index (χ3n) is 4.35. The molecule has 2 amide bonds. The highest BCUT2D eigenvalue weighted by atomic mass is 19.1. The lowest BCUT2D eigenvalue weighted by Gasteiger charge is -2.08. The molecule has 0 saturated heterocycles. The van der Waals surface area contributed by atoms with Gasteiger partial charge in [0, 0.05) is 5.69 Å². The van der Waals surface area contributed by atoms with E-state index in [9.17, 15) is 18.8 Å². The van der Waals surface area contributed by atoms with Crippen LogP contribution in [0.2, 0.25) is 0 Å². The van der Waals surface area contributed by atoms with Crippen molar-refractivity contribution in [3.05, 3.63) is 90.2 Å². The minimum atomic E-state index is -0.595. The Morgan fingerprint density at radius 3 is 2.10 bits per heavy atom. The molecule has 0 aliphatic rings. The summed E-state index contributed by atoms with van der Waals surface area (Å²) in [5.41, 5.74) is 3.29. The number of esters is 1. The average Bonchev–Trinajstić information content (AvgIpc) is 2.79. The van der Waals surface area contributed by atoms with Crippen molar-refractivity contribution in [1.82, 2.24) is 5.32 Å². The number of nitrogens with one attached hydrogen (secondary N) is 2. The van der Waals surface area contributed by atoms with Gasteiger partial charge < -0.3 is 15.4 Å². The lowest BCUT2D eigenvalue weighted by Crippen LogP contribution is -2.35. The van der Waals surface area contributed by atoms with Crippen molar-refractivity contribution in [1.29, 1.82) is 0 Å². The van der Waals surface area contributed by atoms with Crippen molar-refractivity contribution in [2.75, 3.05) is 18.5 Å². The van der Waals surface area contributed by atoms with E-state index in [4.69, 9.17) is 4.74 Å². The number of anilines is 1. The van der Waals surface area contributed by atoms with Crippen molar-refractivity contribution in [3.63, 3.8) is 0 Å². The van der Waals surface area contributed by atoms with Crippen molar-refractivity contribution in [2.45, 2.75) is 6.42 Å². The Morgan fingerprint density at radius 1 is 0.774 bits per heavy atom. The normalized spacial score (nSPS) is 10.2. The van der Waals surface area contributed by atoms with Crippen LogP contribution in [0.3, 0.4) is 0 Å². The van der Waals surface area contributed by atoms with Gasteiger partial charge in [-0.25, -0.2) is 4.39 Å². The van der Waals surface area contributed by atoms with Crippen LogP contribution in [0.4, 0.5) is 10.1 Å². The number of amides is 2. The molecule has 0 fully saturated rings. The van der Waals surface area contributed by atoms with Crippen molar-refractivity contribution < 1.29 is 23.5 Å². The molecular formula is C24H21FN2O4. The summed E-state index contributed by atoms with van der Waals surface area (Å²) in [6.07, 6.45) is 0.0351. The minimum absolute atomic E-state index is 0.0351. The Morgan fingerprint density at radius 2 is 1.42 bits per heavy atom. The maximum atomic E-state index is 12.8. The molecule has 0 radical (unpaired) electrons. The molecule has 0 spiro atoms. The summed E-state index contributed by atoms with van der Waals surface area (Å²) in [6.45, 7) is -0.778. The van der Waals surface area contributed by atoms with E-state index in [1.165, 1.54) is 24.3 Å². The zero-order valence-corrected chi connectivity index (χ0v) is 16.6. The van der Waals surface area contributed by atoms with Crippen LogP contribution in [0.1, 0.15) is 5.56 Å². The number of hydrogen-bond acceptors (Lipinski definition) is 4. The summed E-state index contributed by atoms with van der Waals surface area (Å²) < 4.78 is 17.8. The van der Waals surface area contributed by atoms with Gasteiger partial charge in [0.25, 0.3) is 5.91 Å². The summed E-state index contributed by atoms with van der Waals surface area (Å²) in [7, 11) is 0. The Kier molecular flexibility index (Phi) is 7.48. The highest BCUT2D eigenvalue weighted by Crippen LogP contribution is 2.19. The molecule has 2 N–H and O–H groups in total. The topological polar surface area (TPSA) is 84.5 Å². The SMILES string of the molecule is O=C(COC(=O)Cc1ccc(-c2ccccc2)cc1)NCC(=O)Nc1ccc(F)cc1. The van der Waals surface area contributed by atoms with Crippen LogP contribution in [0.5, 0.6) is 0 Å². The molecule has 6 nitrogen and oxygen atoms in total. The number of ether oxygens (including phenoxy) is 1. The fourth-order valence-electron chi connectivity index (χ4n) is 2.78. The third-order valence-corrected chi connectivity index (χ3v) is 4.35. The highest BCUT2D eigenvalue weighted by Gasteiger charge is 2.10. The molecule has 0 aliphatic carbocycles. The Hall–Kier alpha value is -4.00. The standard InChI is InChI=1S/C24H21FN2O4/c25-20-10-12-21(13-11-20)27-22(28)15-26-23(29)16-31-24(30)14-17-6-8-19(9-7-17)18-4-2-1-3-5-18/h1-13H,14-16H2,(H,26,29)(H,27,28). The second-order valence-electron chi connectivity index (χ2n) is 6.73. The Bertz CT molecular complexity index is 1040. The van der Waals surface area contributed by atoms with Gasteiger partial charge in [-0.05, 0) is 41.0 Å². The second kappa shape index (κ2) is 10.7. The van der Waals surface area contributed by atoms with Crippen LogP contribution in [0, 0.1) is 5.82 Å². The lowest BCUT2D eigenvalue weighted by atomic mass is 10.0. The number of carbonyl (C=O) groups excluding carboxylic acids is 3. The number of carbonyl (C=O) groups is 3. The lowest BCUT2D eigenvalue weighted by molar-refractivity contribution is -0.147. The van der Waals surface area contributed by atoms with Gasteiger partial charge in [-0.3, -0.25) is 14.4 Å². The molecular weight excluding hydrogens is 399 g/mol. The fourth-order valence-corrected chi connectivity index (χ4v) is 2.78. The molecule has 0 aliphatic heterocycles. The molecule has 3 aromatic rings. The van der Waals surface area contributed by atoms with E-state index in [-0.39, 0.29) is 13.0 Å². The molecule has 158 valence electrons. The first-order valence-electron chi connectivity index (χ1n) is 9.62. The molecule has 0 aromatic heterocycles. The summed E-state index contributed by atoms with van der Waals surface area (Å²) in [5, 5.41) is 4.87.